The summed E-state index contributed by atoms with van der Waals surface area (Å²) >= 11 is 0. The molecule has 1 amide bonds. The summed E-state index contributed by atoms with van der Waals surface area (Å²) in [5.41, 5.74) is 2.31. The molecular formula is C19H27N5O2. The molecule has 2 aromatic rings. The van der Waals surface area contributed by atoms with E-state index in [9.17, 15) is 4.79 Å². The van der Waals surface area contributed by atoms with E-state index in [2.05, 4.69) is 24.8 Å². The van der Waals surface area contributed by atoms with Crippen LogP contribution in [0.2, 0.25) is 0 Å². The fourth-order valence-electron chi connectivity index (χ4n) is 4.47. The average molecular weight is 357 g/mol. The lowest BCUT2D eigenvalue weighted by molar-refractivity contribution is -0.139. The Labute approximate surface area is 153 Å². The van der Waals surface area contributed by atoms with Crippen molar-refractivity contribution >= 4 is 5.91 Å². The van der Waals surface area contributed by atoms with Crippen molar-refractivity contribution < 1.29 is 9.21 Å². The molecule has 4 rings (SSSR count). The Morgan fingerprint density at radius 1 is 1.35 bits per heavy atom. The molecule has 2 fully saturated rings. The van der Waals surface area contributed by atoms with Crippen molar-refractivity contribution in [2.24, 2.45) is 5.41 Å². The van der Waals surface area contributed by atoms with Crippen molar-refractivity contribution in [3.63, 3.8) is 0 Å². The van der Waals surface area contributed by atoms with Crippen molar-refractivity contribution in [3.8, 4) is 0 Å². The number of likely N-dealkylation sites (tertiary alicyclic amines) is 2. The minimum atomic E-state index is 0.221. The number of aromatic nitrogens is 3. The maximum absolute atomic E-state index is 12.4. The molecule has 140 valence electrons. The standard InChI is InChI=1S/C19H27N5O2/c1-15-22-17(11-26-15)10-23-7-2-5-19(12-23)6-3-18(25)24(13-19)8-4-16-9-20-14-21-16/h9,11,14H,2-8,10,12-13H2,1H3,(H,20,21)/t19-/m0/s1. The van der Waals surface area contributed by atoms with Gasteiger partial charge in [-0.25, -0.2) is 9.97 Å². The number of nitrogens with one attached hydrogen (secondary N) is 1. The monoisotopic (exact) mass is 357 g/mol. The maximum atomic E-state index is 12.4. The van der Waals surface area contributed by atoms with Gasteiger partial charge in [0, 0.05) is 63.3 Å². The van der Waals surface area contributed by atoms with E-state index in [0.717, 1.165) is 62.8 Å². The molecule has 1 N–H and O–H groups in total. The molecular weight excluding hydrogens is 330 g/mol. The molecule has 4 heterocycles. The minimum absolute atomic E-state index is 0.221. The number of oxazole rings is 1. The van der Waals surface area contributed by atoms with Gasteiger partial charge in [0.15, 0.2) is 5.89 Å². The highest BCUT2D eigenvalue weighted by Crippen LogP contribution is 2.39. The van der Waals surface area contributed by atoms with Crippen LogP contribution in [0.3, 0.4) is 0 Å². The summed E-state index contributed by atoms with van der Waals surface area (Å²) in [4.78, 5) is 28.6. The van der Waals surface area contributed by atoms with Crippen LogP contribution in [0.1, 0.15) is 43.0 Å². The van der Waals surface area contributed by atoms with Gasteiger partial charge in [-0.3, -0.25) is 9.69 Å². The molecule has 0 radical (unpaired) electrons. The number of piperidine rings is 2. The molecule has 1 atom stereocenters. The van der Waals surface area contributed by atoms with Gasteiger partial charge in [0.05, 0.1) is 12.0 Å². The number of hydrogen-bond donors (Lipinski definition) is 1. The summed E-state index contributed by atoms with van der Waals surface area (Å²) in [6.07, 6.45) is 10.2. The maximum Gasteiger partial charge on any atom is 0.222 e. The van der Waals surface area contributed by atoms with Crippen molar-refractivity contribution in [1.29, 1.82) is 0 Å². The van der Waals surface area contributed by atoms with Crippen LogP contribution in [-0.4, -0.2) is 56.8 Å². The molecule has 7 heteroatoms. The van der Waals surface area contributed by atoms with Crippen LogP contribution in [0, 0.1) is 12.3 Å². The normalized spacial score (nSPS) is 24.5. The van der Waals surface area contributed by atoms with Gasteiger partial charge < -0.3 is 14.3 Å². The van der Waals surface area contributed by atoms with Gasteiger partial charge in [-0.05, 0) is 25.8 Å². The second kappa shape index (κ2) is 7.23. The summed E-state index contributed by atoms with van der Waals surface area (Å²) in [6.45, 7) is 6.48. The second-order valence-electron chi connectivity index (χ2n) is 7.81. The number of H-pyrrole nitrogens is 1. The van der Waals surface area contributed by atoms with Crippen LogP contribution in [0.4, 0.5) is 0 Å². The summed E-state index contributed by atoms with van der Waals surface area (Å²) < 4.78 is 5.34. The lowest BCUT2D eigenvalue weighted by Crippen LogP contribution is -2.54. The highest BCUT2D eigenvalue weighted by molar-refractivity contribution is 5.77. The highest BCUT2D eigenvalue weighted by Gasteiger charge is 2.41. The van der Waals surface area contributed by atoms with E-state index < -0.39 is 0 Å². The molecule has 2 aliphatic rings. The zero-order valence-corrected chi connectivity index (χ0v) is 15.4. The fourth-order valence-corrected chi connectivity index (χ4v) is 4.47. The molecule has 2 aliphatic heterocycles. The Morgan fingerprint density at radius 2 is 2.27 bits per heavy atom. The first-order valence-electron chi connectivity index (χ1n) is 9.50. The number of hydrogen-bond acceptors (Lipinski definition) is 5. The summed E-state index contributed by atoms with van der Waals surface area (Å²) in [7, 11) is 0. The Morgan fingerprint density at radius 3 is 3.04 bits per heavy atom. The van der Waals surface area contributed by atoms with Gasteiger partial charge in [0.25, 0.3) is 0 Å². The van der Waals surface area contributed by atoms with Crippen LogP contribution in [0.15, 0.2) is 23.2 Å². The fraction of sp³-hybridized carbons (Fsp3) is 0.632. The van der Waals surface area contributed by atoms with Crippen LogP contribution in [0.5, 0.6) is 0 Å². The number of carbonyl (C=O) groups excluding carboxylic acids is 1. The predicted molar refractivity (Wildman–Crippen MR) is 96.3 cm³/mol. The SMILES string of the molecule is Cc1nc(CN2CCC[C@]3(CCC(=O)N(CCc4cnc[nH]4)C3)C2)co1. The van der Waals surface area contributed by atoms with Crippen molar-refractivity contribution in [2.75, 3.05) is 26.2 Å². The van der Waals surface area contributed by atoms with Gasteiger partial charge in [-0.15, -0.1) is 0 Å². The Balaban J connectivity index is 1.38. The van der Waals surface area contributed by atoms with E-state index in [0.29, 0.717) is 12.3 Å². The summed E-state index contributed by atoms with van der Waals surface area (Å²) in [5, 5.41) is 0. The van der Waals surface area contributed by atoms with Crippen LogP contribution < -0.4 is 0 Å². The second-order valence-corrected chi connectivity index (χ2v) is 7.81. The Kier molecular flexibility index (Phi) is 4.80. The van der Waals surface area contributed by atoms with Crippen molar-refractivity contribution in [2.45, 2.75) is 45.6 Å². The first-order chi connectivity index (χ1) is 12.6. The van der Waals surface area contributed by atoms with Gasteiger partial charge in [-0.2, -0.15) is 0 Å². The number of carbonyl (C=O) groups is 1. The first kappa shape index (κ1) is 17.3. The van der Waals surface area contributed by atoms with Gasteiger partial charge in [-0.1, -0.05) is 0 Å². The lowest BCUT2D eigenvalue weighted by Gasteiger charge is -2.48. The van der Waals surface area contributed by atoms with Gasteiger partial charge >= 0.3 is 0 Å². The van der Waals surface area contributed by atoms with E-state index in [1.54, 1.807) is 12.6 Å². The van der Waals surface area contributed by atoms with Crippen molar-refractivity contribution in [1.82, 2.24) is 24.8 Å². The number of aromatic amines is 1. The summed E-state index contributed by atoms with van der Waals surface area (Å²) in [6, 6.07) is 0. The number of nitrogens with zero attached hydrogens (tertiary/aromatic N) is 4. The number of amides is 1. The molecule has 2 aromatic heterocycles. The van der Waals surface area contributed by atoms with Gasteiger partial charge in [0.1, 0.15) is 6.26 Å². The zero-order chi connectivity index (χ0) is 18.0. The van der Waals surface area contributed by atoms with E-state index in [1.807, 2.05) is 13.1 Å². The zero-order valence-electron chi connectivity index (χ0n) is 15.4. The lowest BCUT2D eigenvalue weighted by atomic mass is 9.73. The summed E-state index contributed by atoms with van der Waals surface area (Å²) in [5.74, 6) is 1.01. The molecule has 2 saturated heterocycles. The topological polar surface area (TPSA) is 78.3 Å². The quantitative estimate of drug-likeness (QED) is 0.887. The van der Waals surface area contributed by atoms with E-state index in [-0.39, 0.29) is 5.41 Å². The highest BCUT2D eigenvalue weighted by atomic mass is 16.3. The Hall–Kier alpha value is -2.15. The molecule has 0 aliphatic carbocycles. The number of aryl methyl sites for hydroxylation is 1. The van der Waals surface area contributed by atoms with E-state index in [4.69, 9.17) is 4.42 Å². The molecule has 1 spiro atoms. The van der Waals surface area contributed by atoms with E-state index >= 15 is 0 Å². The molecule has 0 saturated carbocycles. The van der Waals surface area contributed by atoms with Crippen LogP contribution in [0.25, 0.3) is 0 Å². The van der Waals surface area contributed by atoms with Gasteiger partial charge in [0.2, 0.25) is 5.91 Å². The van der Waals surface area contributed by atoms with Crippen molar-refractivity contribution in [3.05, 3.63) is 36.1 Å². The first-order valence-corrected chi connectivity index (χ1v) is 9.50. The Bertz CT molecular complexity index is 741. The van der Waals surface area contributed by atoms with Crippen LogP contribution in [-0.2, 0) is 17.8 Å². The van der Waals surface area contributed by atoms with Crippen LogP contribution >= 0.6 is 0 Å². The van der Waals surface area contributed by atoms with E-state index in [1.165, 1.54) is 12.8 Å². The average Bonchev–Trinajstić information content (AvgIpc) is 3.28. The molecule has 0 unspecified atom stereocenters. The smallest absolute Gasteiger partial charge is 0.222 e. The largest absolute Gasteiger partial charge is 0.449 e. The molecule has 0 bridgehead atoms. The molecule has 26 heavy (non-hydrogen) atoms. The number of imidazole rings is 1. The predicted octanol–water partition coefficient (Wildman–Crippen LogP) is 2.15. The number of rotatable bonds is 5. The molecule has 0 aromatic carbocycles. The third kappa shape index (κ3) is 3.82. The third-order valence-corrected chi connectivity index (χ3v) is 5.75. The minimum Gasteiger partial charge on any atom is -0.449 e. The molecule has 7 nitrogen and oxygen atoms in total. The third-order valence-electron chi connectivity index (χ3n) is 5.75.